The van der Waals surface area contributed by atoms with E-state index in [2.05, 4.69) is 29.7 Å². The van der Waals surface area contributed by atoms with Gasteiger partial charge >= 0.3 is 0 Å². The highest BCUT2D eigenvalue weighted by Gasteiger charge is 2.33. The van der Waals surface area contributed by atoms with E-state index in [4.69, 9.17) is 12.2 Å². The second kappa shape index (κ2) is 12.0. The van der Waals surface area contributed by atoms with Crippen molar-refractivity contribution in [2.75, 3.05) is 44.2 Å². The van der Waals surface area contributed by atoms with Gasteiger partial charge in [0, 0.05) is 44.8 Å². The van der Waals surface area contributed by atoms with Crippen LogP contribution in [-0.2, 0) is 11.3 Å². The number of nitriles is 1. The van der Waals surface area contributed by atoms with Crippen LogP contribution in [0.15, 0.2) is 9.70 Å². The first-order valence-corrected chi connectivity index (χ1v) is 13.5. The molecule has 34 heavy (non-hydrogen) atoms. The largest absolute Gasteiger partial charge is 0.355 e. The summed E-state index contributed by atoms with van der Waals surface area (Å²) < 4.78 is 2.31. The maximum absolute atomic E-state index is 13.3. The number of nitrogens with zero attached hydrogens (tertiary/aromatic N) is 5. The fourth-order valence-corrected chi connectivity index (χ4v) is 5.83. The summed E-state index contributed by atoms with van der Waals surface area (Å²) in [5.41, 5.74) is 1.31. The number of amides is 1. The van der Waals surface area contributed by atoms with E-state index in [1.807, 2.05) is 19.9 Å². The van der Waals surface area contributed by atoms with Crippen LogP contribution in [0.3, 0.4) is 0 Å². The van der Waals surface area contributed by atoms with Crippen LogP contribution in [0.2, 0.25) is 0 Å². The molecular weight excluding hydrogens is 466 g/mol. The summed E-state index contributed by atoms with van der Waals surface area (Å²) in [4.78, 5) is 33.4. The topological polar surface area (TPSA) is 72.6 Å². The van der Waals surface area contributed by atoms with E-state index in [9.17, 15) is 14.9 Å². The Morgan fingerprint density at radius 1 is 1.06 bits per heavy atom. The fraction of sp³-hybridized carbons (Fsp3) is 0.600. The third-order valence-corrected chi connectivity index (χ3v) is 7.92. The minimum Gasteiger partial charge on any atom is -0.355 e. The molecule has 1 aromatic rings. The van der Waals surface area contributed by atoms with Gasteiger partial charge in [0.1, 0.15) is 21.8 Å². The Kier molecular flexibility index (Phi) is 9.34. The summed E-state index contributed by atoms with van der Waals surface area (Å²) >= 11 is 6.83. The predicted molar refractivity (Wildman–Crippen MR) is 144 cm³/mol. The third-order valence-electron chi connectivity index (χ3n) is 6.55. The van der Waals surface area contributed by atoms with Gasteiger partial charge in [0.15, 0.2) is 0 Å². The van der Waals surface area contributed by atoms with Gasteiger partial charge in [-0.25, -0.2) is 0 Å². The zero-order chi connectivity index (χ0) is 24.8. The van der Waals surface area contributed by atoms with Crippen molar-refractivity contribution in [3.8, 4) is 6.07 Å². The molecule has 0 radical (unpaired) electrons. The molecule has 1 aromatic heterocycles. The number of carbonyl (C=O) groups excluding carboxylic acids is 1. The second-order valence-corrected chi connectivity index (χ2v) is 10.4. The second-order valence-electron chi connectivity index (χ2n) is 8.77. The van der Waals surface area contributed by atoms with E-state index in [-0.39, 0.29) is 17.0 Å². The smallest absolute Gasteiger partial charge is 0.270 e. The number of piperazine rings is 1. The maximum atomic E-state index is 13.3. The third kappa shape index (κ3) is 5.40. The lowest BCUT2D eigenvalue weighted by atomic mass is 10.0. The standard InChI is InChI=1S/C25H35N5O2S2/c1-5-8-9-11-30-24(32)21(34-25(30)33)16-19-18(4)20(17-26)23(31)29(10-6-2)22(19)28-14-12-27(7-3)13-15-28/h16H,5-15H2,1-4H3/b21-16+. The Hall–Kier alpha value is -2.15. The maximum Gasteiger partial charge on any atom is 0.270 e. The molecule has 0 unspecified atom stereocenters. The van der Waals surface area contributed by atoms with Crippen LogP contribution in [0.1, 0.15) is 63.1 Å². The van der Waals surface area contributed by atoms with Crippen LogP contribution < -0.4 is 10.5 Å². The molecular formula is C25H35N5O2S2. The molecule has 0 aromatic carbocycles. The first-order chi connectivity index (χ1) is 16.4. The highest BCUT2D eigenvalue weighted by molar-refractivity contribution is 8.26. The quantitative estimate of drug-likeness (QED) is 0.288. The Labute approximate surface area is 212 Å². The predicted octanol–water partition coefficient (Wildman–Crippen LogP) is 3.97. The van der Waals surface area contributed by atoms with Crippen molar-refractivity contribution < 1.29 is 4.79 Å². The van der Waals surface area contributed by atoms with Gasteiger partial charge in [0.25, 0.3) is 11.5 Å². The van der Waals surface area contributed by atoms with E-state index < -0.39 is 0 Å². The molecule has 7 nitrogen and oxygen atoms in total. The van der Waals surface area contributed by atoms with Crippen LogP contribution in [0.4, 0.5) is 5.82 Å². The number of anilines is 1. The zero-order valence-corrected chi connectivity index (χ0v) is 22.4. The van der Waals surface area contributed by atoms with Crippen LogP contribution >= 0.6 is 24.0 Å². The average molecular weight is 502 g/mol. The Morgan fingerprint density at radius 2 is 1.76 bits per heavy atom. The molecule has 1 amide bonds. The first kappa shape index (κ1) is 26.5. The van der Waals surface area contributed by atoms with Crippen molar-refractivity contribution in [1.82, 2.24) is 14.4 Å². The number of aromatic nitrogens is 1. The molecule has 0 bridgehead atoms. The van der Waals surface area contributed by atoms with Crippen LogP contribution in [0.25, 0.3) is 6.08 Å². The average Bonchev–Trinajstić information content (AvgIpc) is 3.10. The molecule has 0 aliphatic carbocycles. The lowest BCUT2D eigenvalue weighted by molar-refractivity contribution is -0.122. The van der Waals surface area contributed by atoms with Crippen molar-refractivity contribution in [3.63, 3.8) is 0 Å². The zero-order valence-electron chi connectivity index (χ0n) is 20.7. The normalized spacial score (nSPS) is 18.3. The van der Waals surface area contributed by atoms with E-state index >= 15 is 0 Å². The molecule has 2 aliphatic rings. The Morgan fingerprint density at radius 3 is 2.35 bits per heavy atom. The molecule has 0 spiro atoms. The number of hydrogen-bond acceptors (Lipinski definition) is 7. The fourth-order valence-electron chi connectivity index (χ4n) is 4.54. The molecule has 184 valence electrons. The lowest BCUT2D eigenvalue weighted by Gasteiger charge is -2.37. The van der Waals surface area contributed by atoms with Crippen molar-refractivity contribution in [2.45, 2.75) is 59.9 Å². The summed E-state index contributed by atoms with van der Waals surface area (Å²) in [6.07, 6.45) is 5.68. The summed E-state index contributed by atoms with van der Waals surface area (Å²) in [5, 5.41) is 9.80. The molecule has 0 saturated carbocycles. The molecule has 3 heterocycles. The van der Waals surface area contributed by atoms with Gasteiger partial charge < -0.3 is 9.80 Å². The SMILES string of the molecule is CCCCCN1C(=O)/C(=C\c2c(C)c(C#N)c(=O)n(CCC)c2N2CCN(CC)CC2)SC1=S. The van der Waals surface area contributed by atoms with Crippen LogP contribution in [0.5, 0.6) is 0 Å². The van der Waals surface area contributed by atoms with Gasteiger partial charge in [-0.3, -0.25) is 19.1 Å². The van der Waals surface area contributed by atoms with E-state index in [0.717, 1.165) is 69.8 Å². The number of pyridine rings is 1. The first-order valence-electron chi connectivity index (χ1n) is 12.3. The van der Waals surface area contributed by atoms with E-state index in [1.165, 1.54) is 11.8 Å². The molecule has 3 rings (SSSR count). The highest BCUT2D eigenvalue weighted by Crippen LogP contribution is 2.36. The Balaban J connectivity index is 2.11. The lowest BCUT2D eigenvalue weighted by Crippen LogP contribution is -2.48. The van der Waals surface area contributed by atoms with Crippen molar-refractivity contribution in [3.05, 3.63) is 31.9 Å². The number of thiocarbonyl (C=S) groups is 1. The summed E-state index contributed by atoms with van der Waals surface area (Å²) in [5.74, 6) is 0.731. The molecule has 0 N–H and O–H groups in total. The van der Waals surface area contributed by atoms with Gasteiger partial charge in [-0.05, 0) is 37.9 Å². The van der Waals surface area contributed by atoms with Gasteiger partial charge in [0.2, 0.25) is 0 Å². The number of hydrogen-bond donors (Lipinski definition) is 0. The molecule has 0 atom stereocenters. The minimum atomic E-state index is -0.251. The van der Waals surface area contributed by atoms with Crippen molar-refractivity contribution >= 4 is 46.1 Å². The number of likely N-dealkylation sites (N-methyl/N-ethyl adjacent to an activating group) is 1. The van der Waals surface area contributed by atoms with Crippen LogP contribution in [-0.4, -0.2) is 63.9 Å². The summed E-state index contributed by atoms with van der Waals surface area (Å²) in [7, 11) is 0. The van der Waals surface area contributed by atoms with Crippen molar-refractivity contribution in [1.29, 1.82) is 5.26 Å². The monoisotopic (exact) mass is 501 g/mol. The van der Waals surface area contributed by atoms with Gasteiger partial charge in [-0.1, -0.05) is 57.6 Å². The Bertz CT molecular complexity index is 1060. The summed E-state index contributed by atoms with van der Waals surface area (Å²) in [6.45, 7) is 13.7. The number of thioether (sulfide) groups is 1. The molecule has 9 heteroatoms. The minimum absolute atomic E-state index is 0.0843. The van der Waals surface area contributed by atoms with Crippen LogP contribution in [0, 0.1) is 18.3 Å². The van der Waals surface area contributed by atoms with Crippen molar-refractivity contribution in [2.24, 2.45) is 0 Å². The number of rotatable bonds is 9. The van der Waals surface area contributed by atoms with E-state index in [0.29, 0.717) is 27.9 Å². The number of unbranched alkanes of at least 4 members (excludes halogenated alkanes) is 2. The van der Waals surface area contributed by atoms with Gasteiger partial charge in [-0.15, -0.1) is 0 Å². The number of carbonyl (C=O) groups is 1. The highest BCUT2D eigenvalue weighted by atomic mass is 32.2. The molecule has 2 fully saturated rings. The molecule has 2 aliphatic heterocycles. The van der Waals surface area contributed by atoms with Gasteiger partial charge in [-0.2, -0.15) is 5.26 Å². The molecule has 2 saturated heterocycles. The van der Waals surface area contributed by atoms with E-state index in [1.54, 1.807) is 9.47 Å². The van der Waals surface area contributed by atoms with Gasteiger partial charge in [0.05, 0.1) is 4.91 Å². The summed E-state index contributed by atoms with van der Waals surface area (Å²) in [6, 6.07) is 2.12.